The van der Waals surface area contributed by atoms with Crippen LogP contribution in [-0.4, -0.2) is 16.0 Å². The molecule has 5 nitrogen and oxygen atoms in total. The van der Waals surface area contributed by atoms with Gasteiger partial charge >= 0.3 is 0 Å². The number of benzene rings is 2. The number of nitrogens with zero attached hydrogens (tertiary/aromatic N) is 2. The highest BCUT2D eigenvalue weighted by atomic mass is 35.5. The van der Waals surface area contributed by atoms with Gasteiger partial charge in [-0.15, -0.1) is 0 Å². The quantitative estimate of drug-likeness (QED) is 0.233. The van der Waals surface area contributed by atoms with E-state index in [1.807, 2.05) is 45.0 Å². The Hall–Kier alpha value is -2.77. The first-order valence-corrected chi connectivity index (χ1v) is 14.8. The van der Waals surface area contributed by atoms with Gasteiger partial charge in [0, 0.05) is 37.7 Å². The zero-order valence-corrected chi connectivity index (χ0v) is 24.8. The van der Waals surface area contributed by atoms with Crippen LogP contribution < -0.4 is 4.72 Å². The number of amides is 1. The maximum absolute atomic E-state index is 15.7. The number of nitrogens with one attached hydrogen (secondary N) is 1. The second-order valence-corrected chi connectivity index (χ2v) is 11.9. The third kappa shape index (κ3) is 6.52. The third-order valence-electron chi connectivity index (χ3n) is 7.73. The number of hydrogen-bond donors (Lipinski definition) is 1. The zero-order chi connectivity index (χ0) is 28.2. The third-order valence-corrected chi connectivity index (χ3v) is 8.95. The van der Waals surface area contributed by atoms with Crippen LogP contribution in [0.25, 0.3) is 11.1 Å². The number of aromatic nitrogens is 1. The Morgan fingerprint density at radius 3 is 2.62 bits per heavy atom. The van der Waals surface area contributed by atoms with E-state index < -0.39 is 11.2 Å². The SMILES string of the molecule is C=C(CCCC)N(Cc1cc(F)c(-c2ccccc2SNc2noc(C)c2C)cc1Cl)C(=O)C1(C)CCCC1. The summed E-state index contributed by atoms with van der Waals surface area (Å²) in [5.74, 6) is 1.04. The van der Waals surface area contributed by atoms with Crippen molar-refractivity contribution in [3.8, 4) is 11.1 Å². The summed E-state index contributed by atoms with van der Waals surface area (Å²) in [6, 6.07) is 10.7. The molecular formula is C31H37ClFN3O2S. The van der Waals surface area contributed by atoms with E-state index in [4.69, 9.17) is 16.1 Å². The van der Waals surface area contributed by atoms with Gasteiger partial charge in [0.25, 0.3) is 0 Å². The van der Waals surface area contributed by atoms with Crippen molar-refractivity contribution in [2.24, 2.45) is 5.41 Å². The summed E-state index contributed by atoms with van der Waals surface area (Å²) in [5.41, 5.74) is 2.95. The first kappa shape index (κ1) is 29.2. The van der Waals surface area contributed by atoms with E-state index in [1.165, 1.54) is 18.0 Å². The van der Waals surface area contributed by atoms with Crippen LogP contribution in [-0.2, 0) is 11.3 Å². The Balaban J connectivity index is 1.61. The maximum Gasteiger partial charge on any atom is 0.232 e. The van der Waals surface area contributed by atoms with Crippen LogP contribution in [0.1, 0.15) is 75.7 Å². The standard InChI is InChI=1S/C31H37ClFN3O2S/c1-6-7-12-20(2)36(30(37)31(5)15-10-11-16-31)19-23-17-27(33)25(18-26(23)32)24-13-8-9-14-28(24)39-35-29-21(3)22(4)38-34-29/h8-9,13-14,17-18H,2,6-7,10-12,15-16,19H2,1,3-5H3,(H,34,35). The van der Waals surface area contributed by atoms with Gasteiger partial charge < -0.3 is 14.1 Å². The predicted octanol–water partition coefficient (Wildman–Crippen LogP) is 9.48. The molecule has 0 aliphatic heterocycles. The van der Waals surface area contributed by atoms with Crippen LogP contribution in [0.2, 0.25) is 5.02 Å². The second kappa shape index (κ2) is 12.6. The summed E-state index contributed by atoms with van der Waals surface area (Å²) in [7, 11) is 0. The lowest BCUT2D eigenvalue weighted by Crippen LogP contribution is -2.40. The summed E-state index contributed by atoms with van der Waals surface area (Å²) in [4.78, 5) is 16.3. The molecule has 1 aliphatic rings. The molecule has 2 aromatic carbocycles. The number of halogens is 2. The van der Waals surface area contributed by atoms with Crippen LogP contribution in [0.15, 0.2) is 58.1 Å². The molecule has 0 saturated heterocycles. The summed E-state index contributed by atoms with van der Waals surface area (Å²) in [6.07, 6.45) is 6.48. The molecule has 1 N–H and O–H groups in total. The fourth-order valence-electron chi connectivity index (χ4n) is 5.02. The van der Waals surface area contributed by atoms with E-state index in [0.717, 1.165) is 66.9 Å². The molecule has 0 bridgehead atoms. The summed E-state index contributed by atoms with van der Waals surface area (Å²) in [6.45, 7) is 12.4. The topological polar surface area (TPSA) is 58.4 Å². The van der Waals surface area contributed by atoms with Crippen LogP contribution in [0.4, 0.5) is 10.2 Å². The molecule has 39 heavy (non-hydrogen) atoms. The molecule has 3 aromatic rings. The second-order valence-electron chi connectivity index (χ2n) is 10.7. The van der Waals surface area contributed by atoms with Gasteiger partial charge in [0.15, 0.2) is 5.82 Å². The van der Waals surface area contributed by atoms with E-state index in [1.54, 1.807) is 11.0 Å². The lowest BCUT2D eigenvalue weighted by atomic mass is 9.86. The largest absolute Gasteiger partial charge is 0.359 e. The van der Waals surface area contributed by atoms with Gasteiger partial charge in [-0.1, -0.05) is 74.6 Å². The first-order valence-electron chi connectivity index (χ1n) is 13.6. The highest BCUT2D eigenvalue weighted by molar-refractivity contribution is 8.00. The Morgan fingerprint density at radius 2 is 1.95 bits per heavy atom. The lowest BCUT2D eigenvalue weighted by Gasteiger charge is -2.33. The Kier molecular flexibility index (Phi) is 9.44. The number of aryl methyl sites for hydroxylation is 1. The van der Waals surface area contributed by atoms with E-state index in [2.05, 4.69) is 23.4 Å². The molecule has 0 spiro atoms. The van der Waals surface area contributed by atoms with Crippen molar-refractivity contribution >= 4 is 35.3 Å². The fourth-order valence-corrected chi connectivity index (χ4v) is 6.07. The number of rotatable bonds is 11. The minimum atomic E-state index is -0.413. The fraction of sp³-hybridized carbons (Fsp3) is 0.419. The van der Waals surface area contributed by atoms with Gasteiger partial charge in [0.1, 0.15) is 11.6 Å². The number of carbonyl (C=O) groups excluding carboxylic acids is 1. The molecule has 1 aromatic heterocycles. The molecule has 0 atom stereocenters. The van der Waals surface area contributed by atoms with Crippen molar-refractivity contribution in [2.45, 2.75) is 84.1 Å². The first-order chi connectivity index (χ1) is 18.6. The van der Waals surface area contributed by atoms with E-state index in [-0.39, 0.29) is 12.5 Å². The normalized spacial score (nSPS) is 14.4. The molecule has 0 unspecified atom stereocenters. The van der Waals surface area contributed by atoms with Crippen molar-refractivity contribution in [1.29, 1.82) is 0 Å². The molecule has 1 saturated carbocycles. The minimum absolute atomic E-state index is 0.0628. The van der Waals surface area contributed by atoms with Gasteiger partial charge in [0.2, 0.25) is 5.91 Å². The minimum Gasteiger partial charge on any atom is -0.359 e. The molecule has 208 valence electrons. The highest BCUT2D eigenvalue weighted by Gasteiger charge is 2.40. The van der Waals surface area contributed by atoms with Crippen molar-refractivity contribution in [3.05, 3.63) is 76.4 Å². The lowest BCUT2D eigenvalue weighted by molar-refractivity contribution is -0.139. The van der Waals surface area contributed by atoms with Crippen molar-refractivity contribution in [3.63, 3.8) is 0 Å². The molecule has 4 rings (SSSR count). The summed E-state index contributed by atoms with van der Waals surface area (Å²) in [5, 5.41) is 4.46. The average molecular weight is 570 g/mol. The summed E-state index contributed by atoms with van der Waals surface area (Å²) < 4.78 is 24.2. The molecule has 1 amide bonds. The number of hydrogen-bond acceptors (Lipinski definition) is 5. The maximum atomic E-state index is 15.7. The van der Waals surface area contributed by atoms with Crippen LogP contribution in [0.3, 0.4) is 0 Å². The Bertz CT molecular complexity index is 1350. The van der Waals surface area contributed by atoms with Crippen molar-refractivity contribution in [1.82, 2.24) is 10.1 Å². The number of carbonyl (C=O) groups is 1. The van der Waals surface area contributed by atoms with Gasteiger partial charge in [-0.3, -0.25) is 4.79 Å². The monoisotopic (exact) mass is 569 g/mol. The van der Waals surface area contributed by atoms with Gasteiger partial charge in [-0.05, 0) is 75.2 Å². The van der Waals surface area contributed by atoms with E-state index in [9.17, 15) is 4.79 Å². The smallest absolute Gasteiger partial charge is 0.232 e. The number of allylic oxidation sites excluding steroid dienone is 1. The van der Waals surface area contributed by atoms with Crippen LogP contribution in [0, 0.1) is 25.1 Å². The van der Waals surface area contributed by atoms with Crippen LogP contribution >= 0.6 is 23.5 Å². The molecule has 1 fully saturated rings. The Morgan fingerprint density at radius 1 is 1.23 bits per heavy atom. The molecule has 0 radical (unpaired) electrons. The Labute approximate surface area is 240 Å². The average Bonchev–Trinajstić information content (AvgIpc) is 3.51. The van der Waals surface area contributed by atoms with Crippen molar-refractivity contribution in [2.75, 3.05) is 4.72 Å². The highest BCUT2D eigenvalue weighted by Crippen LogP contribution is 2.41. The van der Waals surface area contributed by atoms with Crippen molar-refractivity contribution < 1.29 is 13.7 Å². The van der Waals surface area contributed by atoms with Gasteiger partial charge in [-0.2, -0.15) is 0 Å². The van der Waals surface area contributed by atoms with Crippen LogP contribution in [0.5, 0.6) is 0 Å². The van der Waals surface area contributed by atoms with Gasteiger partial charge in [-0.25, -0.2) is 4.39 Å². The molecule has 8 heteroatoms. The van der Waals surface area contributed by atoms with E-state index in [0.29, 0.717) is 27.5 Å². The number of unbranched alkanes of at least 4 members (excludes halogenated alkanes) is 1. The molecule has 1 aliphatic carbocycles. The summed E-state index contributed by atoms with van der Waals surface area (Å²) >= 11 is 8.11. The molecular weight excluding hydrogens is 533 g/mol. The number of anilines is 1. The zero-order valence-electron chi connectivity index (χ0n) is 23.2. The van der Waals surface area contributed by atoms with Gasteiger partial charge in [0.05, 0.1) is 6.54 Å². The predicted molar refractivity (Wildman–Crippen MR) is 158 cm³/mol. The molecule has 1 heterocycles. The van der Waals surface area contributed by atoms with E-state index >= 15 is 4.39 Å².